The van der Waals surface area contributed by atoms with E-state index in [4.69, 9.17) is 0 Å². The number of anilines is 1. The third-order valence-electron chi connectivity index (χ3n) is 3.89. The zero-order chi connectivity index (χ0) is 20.2. The molecule has 0 spiro atoms. The molecule has 1 heterocycles. The number of aliphatic carboxylic acids is 1. The van der Waals surface area contributed by atoms with Gasteiger partial charge < -0.3 is 15.7 Å². The highest BCUT2D eigenvalue weighted by Gasteiger charge is 2.37. The zero-order valence-electron chi connectivity index (χ0n) is 15.1. The molecule has 9 heteroatoms. The van der Waals surface area contributed by atoms with Gasteiger partial charge in [0.05, 0.1) is 12.1 Å². The summed E-state index contributed by atoms with van der Waals surface area (Å²) in [6, 6.07) is 4.89. The molecule has 0 saturated heterocycles. The van der Waals surface area contributed by atoms with Crippen LogP contribution in [-0.4, -0.2) is 27.9 Å². The molecule has 2 aromatic rings. The summed E-state index contributed by atoms with van der Waals surface area (Å²) in [6.07, 6.45) is -0.155. The lowest BCUT2D eigenvalue weighted by atomic mass is 9.91. The van der Waals surface area contributed by atoms with Crippen molar-refractivity contribution in [2.45, 2.75) is 32.7 Å². The summed E-state index contributed by atoms with van der Waals surface area (Å²) in [5.74, 6) is -2.72. The summed E-state index contributed by atoms with van der Waals surface area (Å²) >= 11 is 1.18. The Hall–Kier alpha value is -2.81. The number of hydrogen-bond donors (Lipinski definition) is 3. The Morgan fingerprint density at radius 3 is 2.44 bits per heavy atom. The predicted molar refractivity (Wildman–Crippen MR) is 98.8 cm³/mol. The first-order valence-electron chi connectivity index (χ1n) is 8.17. The molecule has 0 bridgehead atoms. The molecule has 1 aromatic carbocycles. The number of aromatic nitrogens is 1. The van der Waals surface area contributed by atoms with Gasteiger partial charge in [0.15, 0.2) is 10.7 Å². The first kappa shape index (κ1) is 20.5. The van der Waals surface area contributed by atoms with Gasteiger partial charge in [-0.2, -0.15) is 0 Å². The number of carbonyl (C=O) groups excluding carboxylic acids is 2. The maximum absolute atomic E-state index is 13.1. The number of rotatable bonds is 7. The highest BCUT2D eigenvalue weighted by Crippen LogP contribution is 2.22. The van der Waals surface area contributed by atoms with E-state index in [1.54, 1.807) is 19.2 Å². The Kier molecular flexibility index (Phi) is 6.27. The predicted octanol–water partition coefficient (Wildman–Crippen LogP) is 2.54. The van der Waals surface area contributed by atoms with Crippen molar-refractivity contribution < 1.29 is 23.9 Å². The standard InChI is InChI=1S/C18H20FN3O4S/c1-10(2)15(24)21-17-20-13(9-27-17)8-14(23)22-18(3,16(25)26)11-4-6-12(19)7-5-11/h4-7,9-10H,8H2,1-3H3,(H,22,23)(H,25,26)(H,20,21,24). The van der Waals surface area contributed by atoms with E-state index in [0.717, 1.165) is 12.1 Å². The summed E-state index contributed by atoms with van der Waals surface area (Å²) in [7, 11) is 0. The quantitative estimate of drug-likeness (QED) is 0.670. The first-order valence-corrected chi connectivity index (χ1v) is 9.05. The molecule has 0 aliphatic heterocycles. The molecular formula is C18H20FN3O4S. The van der Waals surface area contributed by atoms with Gasteiger partial charge in [-0.1, -0.05) is 26.0 Å². The molecule has 1 unspecified atom stereocenters. The van der Waals surface area contributed by atoms with Gasteiger partial charge in [0.1, 0.15) is 5.82 Å². The van der Waals surface area contributed by atoms with Crippen LogP contribution in [0.2, 0.25) is 0 Å². The molecule has 1 aromatic heterocycles. The van der Waals surface area contributed by atoms with E-state index in [9.17, 15) is 23.9 Å². The van der Waals surface area contributed by atoms with Gasteiger partial charge in [-0.15, -0.1) is 11.3 Å². The maximum Gasteiger partial charge on any atom is 0.333 e. The molecule has 144 valence electrons. The van der Waals surface area contributed by atoms with E-state index < -0.39 is 23.2 Å². The molecule has 0 radical (unpaired) electrons. The van der Waals surface area contributed by atoms with E-state index in [-0.39, 0.29) is 23.8 Å². The van der Waals surface area contributed by atoms with Crippen LogP contribution in [0.3, 0.4) is 0 Å². The van der Waals surface area contributed by atoms with Gasteiger partial charge in [-0.3, -0.25) is 9.59 Å². The van der Waals surface area contributed by atoms with Crippen LogP contribution < -0.4 is 10.6 Å². The van der Waals surface area contributed by atoms with Crippen molar-refractivity contribution in [1.29, 1.82) is 0 Å². The van der Waals surface area contributed by atoms with E-state index in [1.165, 1.54) is 30.4 Å². The largest absolute Gasteiger partial charge is 0.479 e. The highest BCUT2D eigenvalue weighted by molar-refractivity contribution is 7.13. The SMILES string of the molecule is CC(C)C(=O)Nc1nc(CC(=O)NC(C)(C(=O)O)c2ccc(F)cc2)cs1. The van der Waals surface area contributed by atoms with E-state index in [1.807, 2.05) is 0 Å². The topological polar surface area (TPSA) is 108 Å². The Balaban J connectivity index is 2.09. The van der Waals surface area contributed by atoms with E-state index >= 15 is 0 Å². The number of halogens is 1. The number of benzene rings is 1. The average Bonchev–Trinajstić information content (AvgIpc) is 3.01. The van der Waals surface area contributed by atoms with Crippen molar-refractivity contribution in [3.05, 3.63) is 46.7 Å². The van der Waals surface area contributed by atoms with Crippen molar-refractivity contribution in [3.63, 3.8) is 0 Å². The third-order valence-corrected chi connectivity index (χ3v) is 4.69. The van der Waals surface area contributed by atoms with Gasteiger partial charge in [0, 0.05) is 11.3 Å². The van der Waals surface area contributed by atoms with Crippen LogP contribution in [0.15, 0.2) is 29.6 Å². The van der Waals surface area contributed by atoms with Gasteiger partial charge in [0.25, 0.3) is 0 Å². The smallest absolute Gasteiger partial charge is 0.333 e. The zero-order valence-corrected chi connectivity index (χ0v) is 15.9. The van der Waals surface area contributed by atoms with Crippen LogP contribution in [0.1, 0.15) is 32.0 Å². The fourth-order valence-corrected chi connectivity index (χ4v) is 2.93. The number of carboxylic acid groups (broad SMARTS) is 1. The van der Waals surface area contributed by atoms with Gasteiger partial charge in [-0.25, -0.2) is 14.2 Å². The number of carbonyl (C=O) groups is 3. The van der Waals surface area contributed by atoms with Crippen molar-refractivity contribution in [3.8, 4) is 0 Å². The van der Waals surface area contributed by atoms with Crippen molar-refractivity contribution >= 4 is 34.3 Å². The molecule has 2 rings (SSSR count). The Morgan fingerprint density at radius 1 is 1.26 bits per heavy atom. The Bertz CT molecular complexity index is 851. The fourth-order valence-electron chi connectivity index (χ4n) is 2.22. The second-order valence-corrected chi connectivity index (χ2v) is 7.31. The number of carboxylic acids is 1. The fraction of sp³-hybridized carbons (Fsp3) is 0.333. The molecule has 1 atom stereocenters. The van der Waals surface area contributed by atoms with Crippen LogP contribution in [0.5, 0.6) is 0 Å². The van der Waals surface area contributed by atoms with E-state index in [2.05, 4.69) is 15.6 Å². The summed E-state index contributed by atoms with van der Waals surface area (Å²) in [6.45, 7) is 4.83. The van der Waals surface area contributed by atoms with Crippen molar-refractivity contribution in [1.82, 2.24) is 10.3 Å². The molecule has 3 N–H and O–H groups in total. The Morgan fingerprint density at radius 2 is 1.89 bits per heavy atom. The van der Waals surface area contributed by atoms with Crippen LogP contribution >= 0.6 is 11.3 Å². The number of thiazole rings is 1. The number of hydrogen-bond acceptors (Lipinski definition) is 5. The lowest BCUT2D eigenvalue weighted by Crippen LogP contribution is -2.50. The molecule has 0 aliphatic carbocycles. The summed E-state index contributed by atoms with van der Waals surface area (Å²) < 4.78 is 13.1. The van der Waals surface area contributed by atoms with Crippen molar-refractivity contribution in [2.24, 2.45) is 5.92 Å². The molecule has 7 nitrogen and oxygen atoms in total. The third kappa shape index (κ3) is 5.10. The van der Waals surface area contributed by atoms with Crippen LogP contribution in [0.4, 0.5) is 9.52 Å². The second kappa shape index (κ2) is 8.26. The van der Waals surface area contributed by atoms with Crippen LogP contribution in [0, 0.1) is 11.7 Å². The molecule has 0 saturated carbocycles. The normalized spacial score (nSPS) is 13.1. The lowest BCUT2D eigenvalue weighted by molar-refractivity contribution is -0.147. The number of amides is 2. The molecule has 27 heavy (non-hydrogen) atoms. The summed E-state index contributed by atoms with van der Waals surface area (Å²) in [5, 5.41) is 16.6. The maximum atomic E-state index is 13.1. The number of nitrogens with one attached hydrogen (secondary N) is 2. The minimum absolute atomic E-state index is 0.155. The van der Waals surface area contributed by atoms with E-state index in [0.29, 0.717) is 10.8 Å². The molecule has 0 aliphatic rings. The number of nitrogens with zero attached hydrogens (tertiary/aromatic N) is 1. The molecule has 2 amide bonds. The van der Waals surface area contributed by atoms with Crippen LogP contribution in [0.25, 0.3) is 0 Å². The summed E-state index contributed by atoms with van der Waals surface area (Å²) in [4.78, 5) is 39.9. The van der Waals surface area contributed by atoms with Gasteiger partial charge in [-0.05, 0) is 24.6 Å². The second-order valence-electron chi connectivity index (χ2n) is 6.45. The first-order chi connectivity index (χ1) is 12.6. The average molecular weight is 393 g/mol. The summed E-state index contributed by atoms with van der Waals surface area (Å²) in [5.41, 5.74) is -1.06. The van der Waals surface area contributed by atoms with Crippen LogP contribution in [-0.2, 0) is 26.3 Å². The monoisotopic (exact) mass is 393 g/mol. The lowest BCUT2D eigenvalue weighted by Gasteiger charge is -2.26. The van der Waals surface area contributed by atoms with Gasteiger partial charge >= 0.3 is 5.97 Å². The molecule has 0 fully saturated rings. The minimum atomic E-state index is -1.71. The Labute approximate surface area is 159 Å². The van der Waals surface area contributed by atoms with Gasteiger partial charge in [0.2, 0.25) is 11.8 Å². The highest BCUT2D eigenvalue weighted by atomic mass is 32.1. The van der Waals surface area contributed by atoms with Crippen molar-refractivity contribution in [2.75, 3.05) is 5.32 Å². The minimum Gasteiger partial charge on any atom is -0.479 e. The molecular weight excluding hydrogens is 373 g/mol.